The lowest BCUT2D eigenvalue weighted by atomic mass is 9.74. The van der Waals surface area contributed by atoms with Gasteiger partial charge in [0.15, 0.2) is 0 Å². The smallest absolute Gasteiger partial charge is 0.335 e. The van der Waals surface area contributed by atoms with E-state index in [0.29, 0.717) is 17.5 Å². The van der Waals surface area contributed by atoms with Crippen LogP contribution in [0.5, 0.6) is 0 Å². The van der Waals surface area contributed by atoms with E-state index in [2.05, 4.69) is 36.5 Å². The van der Waals surface area contributed by atoms with Crippen molar-refractivity contribution < 1.29 is 9.90 Å². The molecule has 0 heterocycles. The van der Waals surface area contributed by atoms with Crippen LogP contribution in [0.1, 0.15) is 45.8 Å². The minimum atomic E-state index is -0.875. The minimum absolute atomic E-state index is 0.340. The van der Waals surface area contributed by atoms with Crippen molar-refractivity contribution >= 4 is 5.97 Å². The topological polar surface area (TPSA) is 49.3 Å². The summed E-state index contributed by atoms with van der Waals surface area (Å²) in [5.74, 6) is -0.201. The molecule has 0 saturated heterocycles. The quantitative estimate of drug-likeness (QED) is 0.883. The maximum Gasteiger partial charge on any atom is 0.335 e. The summed E-state index contributed by atoms with van der Waals surface area (Å²) in [5, 5.41) is 12.4. The molecule has 1 aliphatic rings. The van der Waals surface area contributed by atoms with Gasteiger partial charge >= 0.3 is 5.97 Å². The Hall–Kier alpha value is -2.13. The van der Waals surface area contributed by atoms with Crippen LogP contribution in [0.25, 0.3) is 0 Å². The molecule has 0 radical (unpaired) electrons. The molecule has 3 heteroatoms. The van der Waals surface area contributed by atoms with Gasteiger partial charge in [0.25, 0.3) is 0 Å². The summed E-state index contributed by atoms with van der Waals surface area (Å²) in [7, 11) is 0. The first-order valence-electron chi connectivity index (χ1n) is 7.74. The first-order valence-corrected chi connectivity index (χ1v) is 7.74. The number of aromatic carboxylic acids is 1. The largest absolute Gasteiger partial charge is 0.478 e. The normalized spacial score (nSPS) is 20.4. The van der Waals surface area contributed by atoms with E-state index in [1.54, 1.807) is 12.1 Å². The molecule has 114 valence electrons. The van der Waals surface area contributed by atoms with E-state index in [9.17, 15) is 4.79 Å². The van der Waals surface area contributed by atoms with Crippen molar-refractivity contribution in [2.24, 2.45) is 0 Å². The van der Waals surface area contributed by atoms with Gasteiger partial charge in [-0.15, -0.1) is 0 Å². The first-order chi connectivity index (χ1) is 10.6. The Morgan fingerprint density at radius 2 is 1.82 bits per heavy atom. The van der Waals surface area contributed by atoms with Crippen LogP contribution in [-0.4, -0.2) is 17.1 Å². The van der Waals surface area contributed by atoms with E-state index in [4.69, 9.17) is 5.11 Å². The Balaban J connectivity index is 1.48. The number of carboxylic acids is 1. The Labute approximate surface area is 131 Å². The standard InChI is InChI=1S/C19H21NO2/c1-13-4-2-3-5-18(13)16-10-17(11-16)20-12-14-6-8-15(9-7-14)19(21)22/h2-9,16-17,20H,10-12H2,1H3,(H,21,22). The summed E-state index contributed by atoms with van der Waals surface area (Å²) in [5.41, 5.74) is 4.33. The van der Waals surface area contributed by atoms with Gasteiger partial charge in [-0.05, 0) is 54.5 Å². The lowest BCUT2D eigenvalue weighted by Crippen LogP contribution is -2.39. The van der Waals surface area contributed by atoms with Gasteiger partial charge < -0.3 is 10.4 Å². The van der Waals surface area contributed by atoms with Crippen molar-refractivity contribution in [3.63, 3.8) is 0 Å². The highest BCUT2D eigenvalue weighted by Crippen LogP contribution is 2.38. The van der Waals surface area contributed by atoms with E-state index >= 15 is 0 Å². The van der Waals surface area contributed by atoms with Crippen LogP contribution in [0.3, 0.4) is 0 Å². The third-order valence-corrected chi connectivity index (χ3v) is 4.56. The molecule has 2 aromatic carbocycles. The number of carbonyl (C=O) groups is 1. The van der Waals surface area contributed by atoms with Crippen LogP contribution in [0.4, 0.5) is 0 Å². The highest BCUT2D eigenvalue weighted by Gasteiger charge is 2.30. The maximum absolute atomic E-state index is 10.8. The molecule has 0 spiro atoms. The van der Waals surface area contributed by atoms with Crippen molar-refractivity contribution in [2.45, 2.75) is 38.3 Å². The van der Waals surface area contributed by atoms with Gasteiger partial charge in [0.2, 0.25) is 0 Å². The fourth-order valence-electron chi connectivity index (χ4n) is 3.11. The van der Waals surface area contributed by atoms with Gasteiger partial charge in [-0.1, -0.05) is 36.4 Å². The number of hydrogen-bond donors (Lipinski definition) is 2. The lowest BCUT2D eigenvalue weighted by Gasteiger charge is -2.37. The SMILES string of the molecule is Cc1ccccc1C1CC(NCc2ccc(C(=O)O)cc2)C1. The molecule has 0 aliphatic heterocycles. The van der Waals surface area contributed by atoms with Gasteiger partial charge in [0, 0.05) is 12.6 Å². The third-order valence-electron chi connectivity index (χ3n) is 4.56. The summed E-state index contributed by atoms with van der Waals surface area (Å²) < 4.78 is 0. The summed E-state index contributed by atoms with van der Waals surface area (Å²) in [6, 6.07) is 16.3. The van der Waals surface area contributed by atoms with Crippen molar-refractivity contribution in [2.75, 3.05) is 0 Å². The molecule has 2 aromatic rings. The van der Waals surface area contributed by atoms with E-state index in [1.165, 1.54) is 24.0 Å². The molecule has 3 rings (SSSR count). The zero-order valence-corrected chi connectivity index (χ0v) is 12.8. The number of carboxylic acid groups (broad SMARTS) is 1. The molecule has 0 atom stereocenters. The number of benzene rings is 2. The van der Waals surface area contributed by atoms with Crippen LogP contribution >= 0.6 is 0 Å². The van der Waals surface area contributed by atoms with Crippen molar-refractivity contribution in [3.05, 3.63) is 70.8 Å². The molecule has 0 aromatic heterocycles. The molecule has 3 nitrogen and oxygen atoms in total. The molecule has 0 bridgehead atoms. The monoisotopic (exact) mass is 295 g/mol. The van der Waals surface area contributed by atoms with Gasteiger partial charge in [-0.25, -0.2) is 4.79 Å². The molecule has 2 N–H and O–H groups in total. The molecule has 1 aliphatic carbocycles. The zero-order chi connectivity index (χ0) is 15.5. The average Bonchev–Trinajstić information content (AvgIpc) is 2.48. The average molecular weight is 295 g/mol. The second kappa shape index (κ2) is 6.32. The lowest BCUT2D eigenvalue weighted by molar-refractivity contribution is 0.0697. The Morgan fingerprint density at radius 1 is 1.14 bits per heavy atom. The van der Waals surface area contributed by atoms with Gasteiger partial charge in [0.05, 0.1) is 5.56 Å². The summed E-state index contributed by atoms with van der Waals surface area (Å²) in [6.45, 7) is 2.98. The molecule has 0 unspecified atom stereocenters. The highest BCUT2D eigenvalue weighted by atomic mass is 16.4. The fourth-order valence-corrected chi connectivity index (χ4v) is 3.11. The van der Waals surface area contributed by atoms with Crippen LogP contribution < -0.4 is 5.32 Å². The summed E-state index contributed by atoms with van der Waals surface area (Å²) in [4.78, 5) is 10.8. The second-order valence-electron chi connectivity index (χ2n) is 6.10. The molecule has 22 heavy (non-hydrogen) atoms. The molecule has 1 saturated carbocycles. The summed E-state index contributed by atoms with van der Waals surface area (Å²) in [6.07, 6.45) is 2.36. The van der Waals surface area contributed by atoms with Gasteiger partial charge in [-0.3, -0.25) is 0 Å². The minimum Gasteiger partial charge on any atom is -0.478 e. The third kappa shape index (κ3) is 3.20. The van der Waals surface area contributed by atoms with E-state index in [1.807, 2.05) is 12.1 Å². The number of rotatable bonds is 5. The van der Waals surface area contributed by atoms with Gasteiger partial charge in [-0.2, -0.15) is 0 Å². The van der Waals surface area contributed by atoms with Crippen LogP contribution in [-0.2, 0) is 6.54 Å². The van der Waals surface area contributed by atoms with Crippen LogP contribution in [0.2, 0.25) is 0 Å². The Bertz CT molecular complexity index is 657. The fraction of sp³-hybridized carbons (Fsp3) is 0.316. The van der Waals surface area contributed by atoms with E-state index < -0.39 is 5.97 Å². The van der Waals surface area contributed by atoms with Gasteiger partial charge in [0.1, 0.15) is 0 Å². The van der Waals surface area contributed by atoms with E-state index in [0.717, 1.165) is 12.1 Å². The van der Waals surface area contributed by atoms with Crippen molar-refractivity contribution in [1.29, 1.82) is 0 Å². The van der Waals surface area contributed by atoms with E-state index in [-0.39, 0.29) is 0 Å². The zero-order valence-electron chi connectivity index (χ0n) is 12.8. The highest BCUT2D eigenvalue weighted by molar-refractivity contribution is 5.87. The number of aryl methyl sites for hydroxylation is 1. The Kier molecular flexibility index (Phi) is 4.25. The second-order valence-corrected chi connectivity index (χ2v) is 6.10. The number of hydrogen-bond acceptors (Lipinski definition) is 2. The summed E-state index contributed by atoms with van der Waals surface area (Å²) >= 11 is 0. The van der Waals surface area contributed by atoms with Crippen molar-refractivity contribution in [3.8, 4) is 0 Å². The number of nitrogens with one attached hydrogen (secondary N) is 1. The first kappa shape index (κ1) is 14.8. The van der Waals surface area contributed by atoms with Crippen LogP contribution in [0, 0.1) is 6.92 Å². The van der Waals surface area contributed by atoms with Crippen LogP contribution in [0.15, 0.2) is 48.5 Å². The predicted molar refractivity (Wildman–Crippen MR) is 87.2 cm³/mol. The Morgan fingerprint density at radius 3 is 2.45 bits per heavy atom. The molecule has 1 fully saturated rings. The maximum atomic E-state index is 10.8. The molecule has 0 amide bonds. The molecular weight excluding hydrogens is 274 g/mol. The molecular formula is C19H21NO2. The van der Waals surface area contributed by atoms with Crippen molar-refractivity contribution in [1.82, 2.24) is 5.32 Å². The predicted octanol–water partition coefficient (Wildman–Crippen LogP) is 3.73.